The van der Waals surface area contributed by atoms with Crippen LogP contribution in [0.25, 0.3) is 11.1 Å². The molecule has 26 heavy (non-hydrogen) atoms. The van der Waals surface area contributed by atoms with Crippen LogP contribution >= 0.6 is 0 Å². The molecular formula is C22H24N2O2. The van der Waals surface area contributed by atoms with Crippen LogP contribution in [0.1, 0.15) is 36.3 Å². The van der Waals surface area contributed by atoms with Gasteiger partial charge in [0.25, 0.3) is 0 Å². The van der Waals surface area contributed by atoms with Gasteiger partial charge in [-0.2, -0.15) is 0 Å². The number of carboxylic acid groups (broad SMARTS) is 1. The lowest BCUT2D eigenvalue weighted by Gasteiger charge is -2.39. The molecule has 0 aliphatic carbocycles. The number of rotatable bonds is 3. The average Bonchev–Trinajstić information content (AvgIpc) is 2.67. The number of aliphatic carboxylic acids is 1. The first-order valence-electron chi connectivity index (χ1n) is 9.35. The predicted molar refractivity (Wildman–Crippen MR) is 104 cm³/mol. The second-order valence-corrected chi connectivity index (χ2v) is 7.25. The maximum absolute atomic E-state index is 11.4. The molecule has 4 nitrogen and oxygen atoms in total. The van der Waals surface area contributed by atoms with E-state index in [0.29, 0.717) is 6.42 Å². The molecule has 0 aromatic heterocycles. The third-order valence-electron chi connectivity index (χ3n) is 5.54. The van der Waals surface area contributed by atoms with Crippen molar-refractivity contribution >= 4 is 11.8 Å². The van der Waals surface area contributed by atoms with Gasteiger partial charge in [-0.25, -0.2) is 4.79 Å². The number of carbonyl (C=O) groups is 1. The van der Waals surface area contributed by atoms with Crippen molar-refractivity contribution in [1.29, 1.82) is 0 Å². The van der Waals surface area contributed by atoms with Crippen LogP contribution < -0.4 is 0 Å². The van der Waals surface area contributed by atoms with E-state index in [0.717, 1.165) is 31.8 Å². The van der Waals surface area contributed by atoms with E-state index in [1.165, 1.54) is 22.3 Å². The summed E-state index contributed by atoms with van der Waals surface area (Å²) >= 11 is 0. The first-order valence-corrected chi connectivity index (χ1v) is 9.35. The van der Waals surface area contributed by atoms with E-state index in [1.54, 1.807) is 0 Å². The Kier molecular flexibility index (Phi) is 4.49. The van der Waals surface area contributed by atoms with Crippen molar-refractivity contribution in [2.24, 2.45) is 4.99 Å². The molecule has 0 spiro atoms. The van der Waals surface area contributed by atoms with Crippen LogP contribution in [0.2, 0.25) is 0 Å². The number of piperidine rings is 1. The van der Waals surface area contributed by atoms with Crippen molar-refractivity contribution in [2.75, 3.05) is 13.1 Å². The Hall–Kier alpha value is -2.62. The third kappa shape index (κ3) is 3.12. The van der Waals surface area contributed by atoms with Gasteiger partial charge in [-0.1, -0.05) is 48.5 Å². The predicted octanol–water partition coefficient (Wildman–Crippen LogP) is 4.10. The second-order valence-electron chi connectivity index (χ2n) is 7.25. The third-order valence-corrected chi connectivity index (χ3v) is 5.54. The van der Waals surface area contributed by atoms with Gasteiger partial charge in [0.05, 0.1) is 0 Å². The van der Waals surface area contributed by atoms with E-state index in [1.807, 2.05) is 6.07 Å². The molecule has 2 aromatic carbocycles. The van der Waals surface area contributed by atoms with E-state index in [-0.39, 0.29) is 5.92 Å². The van der Waals surface area contributed by atoms with Gasteiger partial charge in [0.15, 0.2) is 6.04 Å². The Bertz CT molecular complexity index is 844. The molecule has 2 aromatic rings. The molecule has 0 radical (unpaired) electrons. The van der Waals surface area contributed by atoms with Gasteiger partial charge in [0, 0.05) is 19.0 Å². The smallest absolute Gasteiger partial charge is 0.328 e. The van der Waals surface area contributed by atoms with Gasteiger partial charge in [0.2, 0.25) is 0 Å². The molecule has 0 bridgehead atoms. The maximum Gasteiger partial charge on any atom is 0.328 e. The Balaban J connectivity index is 1.68. The number of aryl methyl sites for hydroxylation is 1. The standard InChI is InChI=1S/C22H24N2O2/c1-15-14-17(9-10-18(15)16-6-3-2-4-7-16)19-8-5-12-24-13-11-20(22(25)26)23-21(19)24/h2-4,6-7,9-10,14,19-20H,5,8,11-13H2,1H3,(H,25,26). The molecule has 2 aliphatic rings. The Morgan fingerprint density at radius 3 is 2.65 bits per heavy atom. The van der Waals surface area contributed by atoms with Gasteiger partial charge in [-0.3, -0.25) is 4.99 Å². The minimum atomic E-state index is -0.808. The highest BCUT2D eigenvalue weighted by molar-refractivity contribution is 5.93. The van der Waals surface area contributed by atoms with Crippen molar-refractivity contribution in [3.05, 3.63) is 59.7 Å². The number of amidine groups is 1. The quantitative estimate of drug-likeness (QED) is 0.909. The van der Waals surface area contributed by atoms with Gasteiger partial charge in [-0.15, -0.1) is 0 Å². The maximum atomic E-state index is 11.4. The second kappa shape index (κ2) is 6.94. The molecule has 2 atom stereocenters. The summed E-state index contributed by atoms with van der Waals surface area (Å²) in [4.78, 5) is 18.3. The van der Waals surface area contributed by atoms with Crippen LogP contribution in [0.15, 0.2) is 53.5 Å². The van der Waals surface area contributed by atoms with Crippen molar-refractivity contribution in [3.63, 3.8) is 0 Å². The minimum Gasteiger partial charge on any atom is -0.480 e. The minimum absolute atomic E-state index is 0.203. The van der Waals surface area contributed by atoms with Crippen LogP contribution in [0.5, 0.6) is 0 Å². The number of hydrogen-bond acceptors (Lipinski definition) is 3. The molecule has 4 heteroatoms. The zero-order valence-electron chi connectivity index (χ0n) is 15.1. The number of fused-ring (bicyclic) bond motifs is 1. The molecule has 2 heterocycles. The fourth-order valence-corrected chi connectivity index (χ4v) is 4.19. The zero-order chi connectivity index (χ0) is 18.1. The van der Waals surface area contributed by atoms with E-state index >= 15 is 0 Å². The van der Waals surface area contributed by atoms with Crippen LogP contribution in [0.3, 0.4) is 0 Å². The summed E-state index contributed by atoms with van der Waals surface area (Å²) < 4.78 is 0. The summed E-state index contributed by atoms with van der Waals surface area (Å²) in [7, 11) is 0. The summed E-state index contributed by atoms with van der Waals surface area (Å²) in [6.45, 7) is 3.94. The van der Waals surface area contributed by atoms with Crippen LogP contribution in [0.4, 0.5) is 0 Å². The van der Waals surface area contributed by atoms with E-state index in [9.17, 15) is 9.90 Å². The van der Waals surface area contributed by atoms with Crippen molar-refractivity contribution in [2.45, 2.75) is 38.1 Å². The number of nitrogens with zero attached hydrogens (tertiary/aromatic N) is 2. The summed E-state index contributed by atoms with van der Waals surface area (Å²) in [5.41, 5.74) is 4.97. The fraction of sp³-hybridized carbons (Fsp3) is 0.364. The Morgan fingerprint density at radius 2 is 1.92 bits per heavy atom. The normalized spacial score (nSPS) is 22.5. The van der Waals surface area contributed by atoms with Crippen LogP contribution in [-0.4, -0.2) is 40.9 Å². The zero-order valence-corrected chi connectivity index (χ0v) is 15.1. The number of aliphatic imine (C=N–C) groups is 1. The molecule has 1 fully saturated rings. The number of carboxylic acids is 1. The van der Waals surface area contributed by atoms with Crippen molar-refractivity contribution in [1.82, 2.24) is 4.90 Å². The van der Waals surface area contributed by atoms with Crippen molar-refractivity contribution < 1.29 is 9.90 Å². The topological polar surface area (TPSA) is 52.9 Å². The van der Waals surface area contributed by atoms with E-state index < -0.39 is 12.0 Å². The van der Waals surface area contributed by atoms with Crippen LogP contribution in [0, 0.1) is 6.92 Å². The summed E-state index contributed by atoms with van der Waals surface area (Å²) in [5.74, 6) is 0.369. The first kappa shape index (κ1) is 16.8. The van der Waals surface area contributed by atoms with Gasteiger partial charge in [0.1, 0.15) is 5.84 Å². The molecule has 0 saturated carbocycles. The molecule has 134 valence electrons. The molecule has 4 rings (SSSR count). The Labute approximate surface area is 154 Å². The fourth-order valence-electron chi connectivity index (χ4n) is 4.19. The van der Waals surface area contributed by atoms with Gasteiger partial charge in [-0.05, 0) is 48.4 Å². The molecule has 1 saturated heterocycles. The van der Waals surface area contributed by atoms with E-state index in [4.69, 9.17) is 0 Å². The van der Waals surface area contributed by atoms with Gasteiger partial charge < -0.3 is 10.0 Å². The summed E-state index contributed by atoms with van der Waals surface area (Å²) in [5, 5.41) is 9.37. The summed E-state index contributed by atoms with van der Waals surface area (Å²) in [6, 6.07) is 16.5. The van der Waals surface area contributed by atoms with Gasteiger partial charge >= 0.3 is 5.97 Å². The average molecular weight is 348 g/mol. The molecule has 1 N–H and O–H groups in total. The lowest BCUT2D eigenvalue weighted by molar-refractivity contribution is -0.138. The highest BCUT2D eigenvalue weighted by Gasteiger charge is 2.34. The van der Waals surface area contributed by atoms with Crippen LogP contribution in [-0.2, 0) is 4.79 Å². The molecular weight excluding hydrogens is 324 g/mol. The lowest BCUT2D eigenvalue weighted by atomic mass is 9.85. The Morgan fingerprint density at radius 1 is 1.12 bits per heavy atom. The number of benzene rings is 2. The monoisotopic (exact) mass is 348 g/mol. The number of hydrogen-bond donors (Lipinski definition) is 1. The van der Waals surface area contributed by atoms with E-state index in [2.05, 4.69) is 59.3 Å². The largest absolute Gasteiger partial charge is 0.480 e. The molecule has 2 aliphatic heterocycles. The van der Waals surface area contributed by atoms with Crippen molar-refractivity contribution in [3.8, 4) is 11.1 Å². The summed E-state index contributed by atoms with van der Waals surface area (Å²) in [6.07, 6.45) is 2.77. The highest BCUT2D eigenvalue weighted by atomic mass is 16.4. The highest BCUT2D eigenvalue weighted by Crippen LogP contribution is 2.34. The first-order chi connectivity index (χ1) is 12.6. The molecule has 2 unspecified atom stereocenters. The lowest BCUT2D eigenvalue weighted by Crippen LogP contribution is -2.46. The SMILES string of the molecule is Cc1cc(C2CCCN3CCC(C(=O)O)N=C23)ccc1-c1ccccc1. The molecule has 0 amide bonds.